The summed E-state index contributed by atoms with van der Waals surface area (Å²) in [5.41, 5.74) is 3.48. The van der Waals surface area contributed by atoms with Gasteiger partial charge in [-0.25, -0.2) is 0 Å². The molecule has 25 heavy (non-hydrogen) atoms. The Morgan fingerprint density at radius 1 is 1.24 bits per heavy atom. The van der Waals surface area contributed by atoms with Gasteiger partial charge in [-0.05, 0) is 38.0 Å². The summed E-state index contributed by atoms with van der Waals surface area (Å²) in [6.07, 6.45) is 5.52. The lowest BCUT2D eigenvalue weighted by Crippen LogP contribution is -2.18. The topological polar surface area (TPSA) is 48.3 Å². The first-order chi connectivity index (χ1) is 12.0. The van der Waals surface area contributed by atoms with Crippen LogP contribution in [-0.4, -0.2) is 23.5 Å². The quantitative estimate of drug-likeness (QED) is 0.657. The van der Waals surface area contributed by atoms with Gasteiger partial charge >= 0.3 is 0 Å². The van der Waals surface area contributed by atoms with Crippen LogP contribution in [0.5, 0.6) is 11.5 Å². The van der Waals surface area contributed by atoms with Crippen LogP contribution < -0.4 is 14.8 Å². The van der Waals surface area contributed by atoms with Crippen molar-refractivity contribution in [1.29, 1.82) is 0 Å². The number of ether oxygens (including phenoxy) is 2. The number of aromatic nitrogens is 2. The van der Waals surface area contributed by atoms with Gasteiger partial charge in [-0.3, -0.25) is 4.68 Å². The highest BCUT2D eigenvalue weighted by atomic mass is 16.5. The van der Waals surface area contributed by atoms with Crippen LogP contribution in [0.4, 0.5) is 0 Å². The van der Waals surface area contributed by atoms with Gasteiger partial charge in [-0.1, -0.05) is 25.8 Å². The number of aryl methyl sites for hydroxylation is 2. The molecule has 1 heterocycles. The van der Waals surface area contributed by atoms with Gasteiger partial charge in [-0.2, -0.15) is 5.10 Å². The fourth-order valence-electron chi connectivity index (χ4n) is 2.90. The molecule has 0 saturated carbocycles. The summed E-state index contributed by atoms with van der Waals surface area (Å²) in [5, 5.41) is 7.97. The summed E-state index contributed by atoms with van der Waals surface area (Å²) in [5.74, 6) is 1.61. The summed E-state index contributed by atoms with van der Waals surface area (Å²) in [7, 11) is 3.63. The minimum Gasteiger partial charge on any atom is -0.493 e. The molecular weight excluding hydrogens is 314 g/mol. The number of nitrogens with zero attached hydrogens (tertiary/aromatic N) is 2. The molecule has 0 aliphatic carbocycles. The SMILES string of the molecule is CCCCCOc1cc(CNC(C)c2cn(C)nc2C)ccc1OC. The molecule has 0 bridgehead atoms. The molecule has 1 aromatic heterocycles. The molecule has 0 aliphatic heterocycles. The van der Waals surface area contributed by atoms with E-state index in [1.807, 2.05) is 24.7 Å². The van der Waals surface area contributed by atoms with E-state index in [1.165, 1.54) is 24.0 Å². The fourth-order valence-corrected chi connectivity index (χ4v) is 2.90. The van der Waals surface area contributed by atoms with E-state index in [4.69, 9.17) is 9.47 Å². The Morgan fingerprint density at radius 3 is 2.68 bits per heavy atom. The second-order valence-electron chi connectivity index (χ2n) is 6.49. The van der Waals surface area contributed by atoms with Crippen LogP contribution in [0, 0.1) is 6.92 Å². The Kier molecular flexibility index (Phi) is 7.31. The number of benzene rings is 1. The van der Waals surface area contributed by atoms with E-state index >= 15 is 0 Å². The van der Waals surface area contributed by atoms with Gasteiger partial charge in [0.05, 0.1) is 19.4 Å². The highest BCUT2D eigenvalue weighted by Crippen LogP contribution is 2.28. The van der Waals surface area contributed by atoms with Crippen LogP contribution in [0.3, 0.4) is 0 Å². The molecule has 0 amide bonds. The van der Waals surface area contributed by atoms with Crippen LogP contribution in [0.15, 0.2) is 24.4 Å². The lowest BCUT2D eigenvalue weighted by Gasteiger charge is -2.15. The molecule has 5 nitrogen and oxygen atoms in total. The van der Waals surface area contributed by atoms with Crippen molar-refractivity contribution in [2.75, 3.05) is 13.7 Å². The third-order valence-corrected chi connectivity index (χ3v) is 4.36. The van der Waals surface area contributed by atoms with Crippen LogP contribution in [0.25, 0.3) is 0 Å². The molecule has 0 saturated heterocycles. The lowest BCUT2D eigenvalue weighted by molar-refractivity contribution is 0.285. The van der Waals surface area contributed by atoms with Crippen LogP contribution >= 0.6 is 0 Å². The van der Waals surface area contributed by atoms with Crippen molar-refractivity contribution < 1.29 is 9.47 Å². The molecule has 2 aromatic rings. The average Bonchev–Trinajstić information content (AvgIpc) is 2.95. The van der Waals surface area contributed by atoms with Crippen LogP contribution in [-0.2, 0) is 13.6 Å². The minimum atomic E-state index is 0.240. The first kappa shape index (κ1) is 19.3. The van der Waals surface area contributed by atoms with E-state index in [-0.39, 0.29) is 6.04 Å². The average molecular weight is 345 g/mol. The minimum absolute atomic E-state index is 0.240. The first-order valence-electron chi connectivity index (χ1n) is 9.08. The Morgan fingerprint density at radius 2 is 2.04 bits per heavy atom. The number of nitrogens with one attached hydrogen (secondary N) is 1. The molecule has 1 unspecified atom stereocenters. The van der Waals surface area contributed by atoms with E-state index in [0.717, 1.165) is 36.8 Å². The molecule has 1 atom stereocenters. The van der Waals surface area contributed by atoms with Crippen molar-refractivity contribution in [2.24, 2.45) is 7.05 Å². The van der Waals surface area contributed by atoms with Crippen molar-refractivity contribution >= 4 is 0 Å². The Balaban J connectivity index is 1.98. The maximum Gasteiger partial charge on any atom is 0.161 e. The van der Waals surface area contributed by atoms with Gasteiger partial charge in [0.15, 0.2) is 11.5 Å². The highest BCUT2D eigenvalue weighted by Gasteiger charge is 2.12. The predicted octanol–water partition coefficient (Wildman–Crippen LogP) is 4.16. The second-order valence-corrected chi connectivity index (χ2v) is 6.49. The normalized spacial score (nSPS) is 12.2. The summed E-state index contributed by atoms with van der Waals surface area (Å²) in [6.45, 7) is 7.90. The number of methoxy groups -OCH3 is 1. The van der Waals surface area contributed by atoms with Crippen molar-refractivity contribution in [1.82, 2.24) is 15.1 Å². The fraction of sp³-hybridized carbons (Fsp3) is 0.550. The maximum atomic E-state index is 5.92. The van der Waals surface area contributed by atoms with E-state index in [2.05, 4.69) is 42.6 Å². The van der Waals surface area contributed by atoms with Gasteiger partial charge in [0, 0.05) is 31.4 Å². The lowest BCUT2D eigenvalue weighted by atomic mass is 10.1. The smallest absolute Gasteiger partial charge is 0.161 e. The Labute approximate surface area is 151 Å². The van der Waals surface area contributed by atoms with E-state index in [9.17, 15) is 0 Å². The summed E-state index contributed by atoms with van der Waals surface area (Å²) < 4.78 is 13.2. The first-order valence-corrected chi connectivity index (χ1v) is 9.08. The van der Waals surface area contributed by atoms with Gasteiger partial charge in [0.1, 0.15) is 0 Å². The molecule has 0 radical (unpaired) electrons. The molecular formula is C20H31N3O2. The number of unbranched alkanes of at least 4 members (excludes halogenated alkanes) is 2. The van der Waals surface area contributed by atoms with E-state index in [1.54, 1.807) is 7.11 Å². The Hall–Kier alpha value is -2.01. The summed E-state index contributed by atoms with van der Waals surface area (Å²) in [6, 6.07) is 6.37. The number of hydrogen-bond donors (Lipinski definition) is 1. The van der Waals surface area contributed by atoms with Gasteiger partial charge < -0.3 is 14.8 Å². The van der Waals surface area contributed by atoms with Crippen molar-refractivity contribution in [3.05, 3.63) is 41.2 Å². The molecule has 0 spiro atoms. The molecule has 138 valence electrons. The molecule has 5 heteroatoms. The van der Waals surface area contributed by atoms with E-state index in [0.29, 0.717) is 0 Å². The highest BCUT2D eigenvalue weighted by molar-refractivity contribution is 5.43. The zero-order valence-electron chi connectivity index (χ0n) is 16.1. The van der Waals surface area contributed by atoms with Crippen molar-refractivity contribution in [2.45, 2.75) is 52.6 Å². The second kappa shape index (κ2) is 9.47. The molecule has 1 N–H and O–H groups in total. The van der Waals surface area contributed by atoms with Crippen LogP contribution in [0.1, 0.15) is 56.0 Å². The molecule has 0 aliphatic rings. The summed E-state index contributed by atoms with van der Waals surface area (Å²) in [4.78, 5) is 0. The zero-order chi connectivity index (χ0) is 18.2. The maximum absolute atomic E-state index is 5.92. The van der Waals surface area contributed by atoms with Gasteiger partial charge in [0.2, 0.25) is 0 Å². The molecule has 0 fully saturated rings. The standard InChI is InChI=1S/C20H31N3O2/c1-6-7-8-11-25-20-12-17(9-10-19(20)24-5)13-21-15(2)18-14-23(4)22-16(18)3/h9-10,12,14-15,21H,6-8,11,13H2,1-5H3. The number of hydrogen-bond acceptors (Lipinski definition) is 4. The third-order valence-electron chi connectivity index (χ3n) is 4.36. The summed E-state index contributed by atoms with van der Waals surface area (Å²) >= 11 is 0. The van der Waals surface area contributed by atoms with Gasteiger partial charge in [-0.15, -0.1) is 0 Å². The van der Waals surface area contributed by atoms with Crippen molar-refractivity contribution in [3.63, 3.8) is 0 Å². The van der Waals surface area contributed by atoms with Gasteiger partial charge in [0.25, 0.3) is 0 Å². The largest absolute Gasteiger partial charge is 0.493 e. The predicted molar refractivity (Wildman–Crippen MR) is 101 cm³/mol. The molecule has 1 aromatic carbocycles. The van der Waals surface area contributed by atoms with Crippen LogP contribution in [0.2, 0.25) is 0 Å². The Bertz CT molecular complexity index is 667. The number of rotatable bonds is 10. The van der Waals surface area contributed by atoms with E-state index < -0.39 is 0 Å². The zero-order valence-corrected chi connectivity index (χ0v) is 16.1. The third kappa shape index (κ3) is 5.49. The monoisotopic (exact) mass is 345 g/mol. The molecule has 2 rings (SSSR count). The van der Waals surface area contributed by atoms with Crippen molar-refractivity contribution in [3.8, 4) is 11.5 Å².